The Kier molecular flexibility index (Phi) is 4.06. The molecule has 1 aliphatic rings. The standard InChI is InChI=1S/C6H10N2.C2H6/c1-6(2-4-7)3-5-8-6;1-2/h8H,2-3,5H2,1H3;1-2H3. The van der Waals surface area contributed by atoms with E-state index >= 15 is 0 Å². The summed E-state index contributed by atoms with van der Waals surface area (Å²) in [5.74, 6) is 0. The smallest absolute Gasteiger partial charge is 0.0641 e. The Hall–Kier alpha value is -0.550. The Bertz CT molecular complexity index is 120. The Morgan fingerprint density at radius 1 is 1.60 bits per heavy atom. The Balaban J connectivity index is 0.000000371. The van der Waals surface area contributed by atoms with Gasteiger partial charge in [-0.1, -0.05) is 13.8 Å². The SMILES string of the molecule is CC.CC1(CC#N)CCN1. The van der Waals surface area contributed by atoms with Gasteiger partial charge in [-0.3, -0.25) is 0 Å². The van der Waals surface area contributed by atoms with Crippen molar-refractivity contribution in [1.82, 2.24) is 5.32 Å². The first-order chi connectivity index (χ1) is 4.77. The molecule has 0 aliphatic carbocycles. The van der Waals surface area contributed by atoms with Crippen LogP contribution in [0.2, 0.25) is 0 Å². The van der Waals surface area contributed by atoms with E-state index in [9.17, 15) is 0 Å². The van der Waals surface area contributed by atoms with Crippen molar-refractivity contribution in [3.63, 3.8) is 0 Å². The van der Waals surface area contributed by atoms with Crippen molar-refractivity contribution < 1.29 is 0 Å². The van der Waals surface area contributed by atoms with Crippen LogP contribution >= 0.6 is 0 Å². The number of hydrogen-bond acceptors (Lipinski definition) is 2. The fraction of sp³-hybridized carbons (Fsp3) is 0.875. The molecular formula is C8H16N2. The minimum absolute atomic E-state index is 0.161. The molecule has 58 valence electrons. The molecule has 2 heteroatoms. The molecule has 0 aromatic rings. The van der Waals surface area contributed by atoms with Crippen molar-refractivity contribution in [1.29, 1.82) is 5.26 Å². The highest BCUT2D eigenvalue weighted by Gasteiger charge is 2.30. The summed E-state index contributed by atoms with van der Waals surface area (Å²) in [7, 11) is 0. The molecule has 0 aromatic heterocycles. The summed E-state index contributed by atoms with van der Waals surface area (Å²) >= 11 is 0. The molecule has 1 rings (SSSR count). The van der Waals surface area contributed by atoms with Gasteiger partial charge in [0.25, 0.3) is 0 Å². The van der Waals surface area contributed by atoms with E-state index in [1.54, 1.807) is 0 Å². The predicted octanol–water partition coefficient (Wildman–Crippen LogP) is 1.68. The third-order valence-electron chi connectivity index (χ3n) is 1.70. The largest absolute Gasteiger partial charge is 0.310 e. The fourth-order valence-electron chi connectivity index (χ4n) is 0.877. The van der Waals surface area contributed by atoms with Crippen LogP contribution in [0.15, 0.2) is 0 Å². The second-order valence-electron chi connectivity index (χ2n) is 2.57. The quantitative estimate of drug-likeness (QED) is 0.601. The van der Waals surface area contributed by atoms with Gasteiger partial charge in [-0.05, 0) is 19.9 Å². The van der Waals surface area contributed by atoms with Crippen LogP contribution in [-0.2, 0) is 0 Å². The summed E-state index contributed by atoms with van der Waals surface area (Å²) in [5, 5.41) is 11.5. The van der Waals surface area contributed by atoms with Gasteiger partial charge in [-0.15, -0.1) is 0 Å². The molecule has 10 heavy (non-hydrogen) atoms. The molecule has 0 saturated carbocycles. The summed E-state index contributed by atoms with van der Waals surface area (Å²) in [4.78, 5) is 0. The van der Waals surface area contributed by atoms with Gasteiger partial charge in [-0.25, -0.2) is 0 Å². The third-order valence-corrected chi connectivity index (χ3v) is 1.70. The maximum absolute atomic E-state index is 8.28. The monoisotopic (exact) mass is 140 g/mol. The lowest BCUT2D eigenvalue weighted by molar-refractivity contribution is 0.238. The molecule has 1 fully saturated rings. The van der Waals surface area contributed by atoms with Crippen molar-refractivity contribution in [3.8, 4) is 6.07 Å². The Labute approximate surface area is 63.2 Å². The zero-order valence-electron chi connectivity index (χ0n) is 7.07. The average Bonchev–Trinajstić information content (AvgIpc) is 1.90. The first-order valence-electron chi connectivity index (χ1n) is 3.89. The van der Waals surface area contributed by atoms with Crippen molar-refractivity contribution in [2.24, 2.45) is 0 Å². The number of rotatable bonds is 1. The average molecular weight is 140 g/mol. The van der Waals surface area contributed by atoms with Gasteiger partial charge in [0, 0.05) is 5.54 Å². The molecular weight excluding hydrogens is 124 g/mol. The highest BCUT2D eigenvalue weighted by atomic mass is 15.0. The number of nitrogens with zero attached hydrogens (tertiary/aromatic N) is 1. The minimum atomic E-state index is 0.161. The molecule has 0 bridgehead atoms. The Morgan fingerprint density at radius 3 is 2.20 bits per heavy atom. The van der Waals surface area contributed by atoms with E-state index in [1.165, 1.54) is 0 Å². The van der Waals surface area contributed by atoms with E-state index in [0.717, 1.165) is 13.0 Å². The van der Waals surface area contributed by atoms with Crippen LogP contribution in [0.4, 0.5) is 0 Å². The molecule has 0 radical (unpaired) electrons. The minimum Gasteiger partial charge on any atom is -0.310 e. The normalized spacial score (nSPS) is 29.0. The first-order valence-corrected chi connectivity index (χ1v) is 3.89. The molecule has 2 nitrogen and oxygen atoms in total. The molecule has 0 spiro atoms. The summed E-state index contributed by atoms with van der Waals surface area (Å²) in [5.41, 5.74) is 0.161. The van der Waals surface area contributed by atoms with E-state index < -0.39 is 0 Å². The highest BCUT2D eigenvalue weighted by Crippen LogP contribution is 2.20. The van der Waals surface area contributed by atoms with Gasteiger partial charge >= 0.3 is 0 Å². The molecule has 1 unspecified atom stereocenters. The maximum atomic E-state index is 8.28. The topological polar surface area (TPSA) is 35.8 Å². The van der Waals surface area contributed by atoms with Gasteiger partial charge in [0.05, 0.1) is 12.5 Å². The van der Waals surface area contributed by atoms with Gasteiger partial charge in [0.2, 0.25) is 0 Å². The fourth-order valence-corrected chi connectivity index (χ4v) is 0.877. The van der Waals surface area contributed by atoms with Crippen LogP contribution in [0.25, 0.3) is 0 Å². The van der Waals surface area contributed by atoms with Crippen LogP contribution in [-0.4, -0.2) is 12.1 Å². The van der Waals surface area contributed by atoms with Crippen LogP contribution < -0.4 is 5.32 Å². The summed E-state index contributed by atoms with van der Waals surface area (Å²) in [6.45, 7) is 7.16. The molecule has 1 saturated heterocycles. The third kappa shape index (κ3) is 2.36. The number of nitrogens with one attached hydrogen (secondary N) is 1. The summed E-state index contributed by atoms with van der Waals surface area (Å²) < 4.78 is 0. The predicted molar refractivity (Wildman–Crippen MR) is 42.6 cm³/mol. The Morgan fingerprint density at radius 2 is 2.10 bits per heavy atom. The van der Waals surface area contributed by atoms with E-state index in [-0.39, 0.29) is 5.54 Å². The summed E-state index contributed by atoms with van der Waals surface area (Å²) in [6, 6.07) is 2.15. The lowest BCUT2D eigenvalue weighted by atomic mass is 9.88. The zero-order chi connectivity index (χ0) is 8.04. The van der Waals surface area contributed by atoms with E-state index in [4.69, 9.17) is 5.26 Å². The van der Waals surface area contributed by atoms with E-state index in [2.05, 4.69) is 18.3 Å². The molecule has 0 amide bonds. The van der Waals surface area contributed by atoms with Crippen molar-refractivity contribution >= 4 is 0 Å². The van der Waals surface area contributed by atoms with Gasteiger partial charge < -0.3 is 5.32 Å². The van der Waals surface area contributed by atoms with Crippen LogP contribution in [0.1, 0.15) is 33.6 Å². The van der Waals surface area contributed by atoms with Crippen molar-refractivity contribution in [2.45, 2.75) is 39.2 Å². The van der Waals surface area contributed by atoms with Crippen molar-refractivity contribution in [3.05, 3.63) is 0 Å². The number of nitriles is 1. The number of hydrogen-bond donors (Lipinski definition) is 1. The highest BCUT2D eigenvalue weighted by molar-refractivity contribution is 4.98. The van der Waals surface area contributed by atoms with Crippen LogP contribution in [0.3, 0.4) is 0 Å². The summed E-state index contributed by atoms with van der Waals surface area (Å²) in [6.07, 6.45) is 1.80. The van der Waals surface area contributed by atoms with Gasteiger partial charge in [0.1, 0.15) is 0 Å². The van der Waals surface area contributed by atoms with Gasteiger partial charge in [0.15, 0.2) is 0 Å². The second-order valence-corrected chi connectivity index (χ2v) is 2.57. The second kappa shape index (κ2) is 4.29. The maximum Gasteiger partial charge on any atom is 0.0641 e. The van der Waals surface area contributed by atoms with Gasteiger partial charge in [-0.2, -0.15) is 5.26 Å². The zero-order valence-corrected chi connectivity index (χ0v) is 7.07. The lowest BCUT2D eigenvalue weighted by Crippen LogP contribution is -2.54. The van der Waals surface area contributed by atoms with Crippen LogP contribution in [0, 0.1) is 11.3 Å². The lowest BCUT2D eigenvalue weighted by Gasteiger charge is -2.37. The van der Waals surface area contributed by atoms with Crippen molar-refractivity contribution in [2.75, 3.05) is 6.54 Å². The van der Waals surface area contributed by atoms with E-state index in [1.807, 2.05) is 13.8 Å². The molecule has 0 aromatic carbocycles. The molecule has 1 aliphatic heterocycles. The first kappa shape index (κ1) is 9.45. The molecule has 1 atom stereocenters. The van der Waals surface area contributed by atoms with Crippen LogP contribution in [0.5, 0.6) is 0 Å². The molecule has 1 heterocycles. The molecule has 1 N–H and O–H groups in total. The van der Waals surface area contributed by atoms with E-state index in [0.29, 0.717) is 6.42 Å².